The average Bonchev–Trinajstić information content (AvgIpc) is 3.20. The van der Waals surface area contributed by atoms with E-state index in [1.165, 1.54) is 23.9 Å². The Balaban J connectivity index is 2.06. The summed E-state index contributed by atoms with van der Waals surface area (Å²) in [6.07, 6.45) is 2.45. The van der Waals surface area contributed by atoms with E-state index < -0.39 is 0 Å². The summed E-state index contributed by atoms with van der Waals surface area (Å²) in [7, 11) is 0. The molecule has 4 heteroatoms. The SMILES string of the molecule is Cc1cccc(N)c1-c1nc2cc(Br)ccc2n1C1CC1. The minimum atomic E-state index is 0.560. The molecule has 0 amide bonds. The van der Waals surface area contributed by atoms with E-state index >= 15 is 0 Å². The van der Waals surface area contributed by atoms with Gasteiger partial charge in [0.25, 0.3) is 0 Å². The van der Waals surface area contributed by atoms with Crippen molar-refractivity contribution in [1.82, 2.24) is 9.55 Å². The second-order valence-electron chi connectivity index (χ2n) is 5.71. The highest BCUT2D eigenvalue weighted by Gasteiger charge is 2.29. The van der Waals surface area contributed by atoms with Crippen molar-refractivity contribution in [3.63, 3.8) is 0 Å². The van der Waals surface area contributed by atoms with E-state index in [2.05, 4.69) is 51.7 Å². The van der Waals surface area contributed by atoms with Crippen LogP contribution < -0.4 is 5.73 Å². The van der Waals surface area contributed by atoms with Crippen LogP contribution in [0.3, 0.4) is 0 Å². The van der Waals surface area contributed by atoms with Crippen molar-refractivity contribution in [2.24, 2.45) is 0 Å². The van der Waals surface area contributed by atoms with Gasteiger partial charge >= 0.3 is 0 Å². The molecule has 106 valence electrons. The lowest BCUT2D eigenvalue weighted by molar-refractivity contribution is 0.775. The van der Waals surface area contributed by atoms with Crippen molar-refractivity contribution in [2.75, 3.05) is 5.73 Å². The fraction of sp³-hybridized carbons (Fsp3) is 0.235. The Labute approximate surface area is 131 Å². The van der Waals surface area contributed by atoms with Crippen LogP contribution in [0.4, 0.5) is 5.69 Å². The minimum Gasteiger partial charge on any atom is -0.398 e. The first-order chi connectivity index (χ1) is 10.1. The van der Waals surface area contributed by atoms with Gasteiger partial charge in [0.1, 0.15) is 5.82 Å². The van der Waals surface area contributed by atoms with Gasteiger partial charge in [-0.2, -0.15) is 0 Å². The monoisotopic (exact) mass is 341 g/mol. The van der Waals surface area contributed by atoms with Crippen molar-refractivity contribution in [2.45, 2.75) is 25.8 Å². The number of nitrogens with two attached hydrogens (primary N) is 1. The molecule has 0 atom stereocenters. The largest absolute Gasteiger partial charge is 0.398 e. The summed E-state index contributed by atoms with van der Waals surface area (Å²) in [6.45, 7) is 2.10. The summed E-state index contributed by atoms with van der Waals surface area (Å²) in [5, 5.41) is 0. The van der Waals surface area contributed by atoms with E-state index in [9.17, 15) is 0 Å². The molecule has 21 heavy (non-hydrogen) atoms. The van der Waals surface area contributed by atoms with Crippen LogP contribution in [0.25, 0.3) is 22.4 Å². The van der Waals surface area contributed by atoms with Gasteiger partial charge < -0.3 is 10.3 Å². The third-order valence-corrected chi connectivity index (χ3v) is 4.59. The molecule has 3 aromatic rings. The zero-order chi connectivity index (χ0) is 14.6. The topological polar surface area (TPSA) is 43.8 Å². The molecule has 0 radical (unpaired) electrons. The molecule has 0 bridgehead atoms. The molecule has 0 unspecified atom stereocenters. The van der Waals surface area contributed by atoms with Crippen molar-refractivity contribution in [3.8, 4) is 11.4 Å². The van der Waals surface area contributed by atoms with Crippen LogP contribution in [0.5, 0.6) is 0 Å². The summed E-state index contributed by atoms with van der Waals surface area (Å²) in [5.74, 6) is 1.00. The quantitative estimate of drug-likeness (QED) is 0.687. The van der Waals surface area contributed by atoms with Gasteiger partial charge in [0.2, 0.25) is 0 Å². The minimum absolute atomic E-state index is 0.560. The van der Waals surface area contributed by atoms with Gasteiger partial charge in [-0.15, -0.1) is 0 Å². The van der Waals surface area contributed by atoms with Gasteiger partial charge in [-0.05, 0) is 49.6 Å². The Hall–Kier alpha value is -1.81. The predicted octanol–water partition coefficient (Wildman–Crippen LogP) is 4.69. The van der Waals surface area contributed by atoms with Gasteiger partial charge in [0.15, 0.2) is 0 Å². The molecule has 0 spiro atoms. The molecular weight excluding hydrogens is 326 g/mol. The van der Waals surface area contributed by atoms with Crippen molar-refractivity contribution < 1.29 is 0 Å². The second-order valence-corrected chi connectivity index (χ2v) is 6.62. The number of benzene rings is 2. The van der Waals surface area contributed by atoms with Gasteiger partial charge in [-0.1, -0.05) is 28.1 Å². The van der Waals surface area contributed by atoms with Crippen LogP contribution in [-0.2, 0) is 0 Å². The predicted molar refractivity (Wildman–Crippen MR) is 90.3 cm³/mol. The molecule has 1 saturated carbocycles. The van der Waals surface area contributed by atoms with E-state index in [4.69, 9.17) is 10.7 Å². The lowest BCUT2D eigenvalue weighted by Crippen LogP contribution is -2.01. The zero-order valence-electron chi connectivity index (χ0n) is 11.8. The van der Waals surface area contributed by atoms with E-state index in [1.54, 1.807) is 0 Å². The normalized spacial score (nSPS) is 14.8. The molecule has 1 aliphatic carbocycles. The lowest BCUT2D eigenvalue weighted by Gasteiger charge is -2.12. The highest BCUT2D eigenvalue weighted by Crippen LogP contribution is 2.43. The molecule has 1 heterocycles. The molecule has 1 fully saturated rings. The molecule has 3 nitrogen and oxygen atoms in total. The van der Waals surface area contributed by atoms with Crippen LogP contribution in [0.1, 0.15) is 24.4 Å². The van der Waals surface area contributed by atoms with Crippen molar-refractivity contribution >= 4 is 32.7 Å². The van der Waals surface area contributed by atoms with Crippen LogP contribution in [0, 0.1) is 6.92 Å². The molecular formula is C17H16BrN3. The van der Waals surface area contributed by atoms with Gasteiger partial charge in [0, 0.05) is 21.8 Å². The van der Waals surface area contributed by atoms with E-state index in [0.717, 1.165) is 27.1 Å². The smallest absolute Gasteiger partial charge is 0.143 e. The Morgan fingerprint density at radius 3 is 2.76 bits per heavy atom. The number of imidazole rings is 1. The summed E-state index contributed by atoms with van der Waals surface area (Å²) in [5.41, 5.74) is 11.5. The third kappa shape index (κ3) is 2.05. The maximum atomic E-state index is 6.23. The van der Waals surface area contributed by atoms with Gasteiger partial charge in [0.05, 0.1) is 11.0 Å². The van der Waals surface area contributed by atoms with E-state index in [1.807, 2.05) is 12.1 Å². The number of aryl methyl sites for hydroxylation is 1. The number of rotatable bonds is 2. The standard InChI is InChI=1S/C17H16BrN3/c1-10-3-2-4-13(19)16(10)17-20-14-9-11(18)5-8-15(14)21(17)12-6-7-12/h2-5,8-9,12H,6-7,19H2,1H3. The van der Waals surface area contributed by atoms with Gasteiger partial charge in [-0.3, -0.25) is 0 Å². The Kier molecular flexibility index (Phi) is 2.82. The first kappa shape index (κ1) is 12.9. The molecule has 0 saturated heterocycles. The second kappa shape index (κ2) is 4.60. The number of aromatic nitrogens is 2. The molecule has 1 aromatic heterocycles. The Bertz CT molecular complexity index is 826. The number of anilines is 1. The van der Waals surface area contributed by atoms with Crippen LogP contribution in [0.15, 0.2) is 40.9 Å². The van der Waals surface area contributed by atoms with Crippen LogP contribution >= 0.6 is 15.9 Å². The summed E-state index contributed by atoms with van der Waals surface area (Å²) >= 11 is 3.53. The van der Waals surface area contributed by atoms with Gasteiger partial charge in [-0.25, -0.2) is 4.98 Å². The molecule has 4 rings (SSSR count). The maximum absolute atomic E-state index is 6.23. The first-order valence-electron chi connectivity index (χ1n) is 7.18. The van der Waals surface area contributed by atoms with Crippen molar-refractivity contribution in [3.05, 3.63) is 46.4 Å². The first-order valence-corrected chi connectivity index (χ1v) is 7.97. The van der Waals surface area contributed by atoms with Crippen LogP contribution in [0.2, 0.25) is 0 Å². The molecule has 2 N–H and O–H groups in total. The number of nitrogen functional groups attached to an aromatic ring is 1. The third-order valence-electron chi connectivity index (χ3n) is 4.09. The summed E-state index contributed by atoms with van der Waals surface area (Å²) in [6, 6.07) is 12.9. The van der Waals surface area contributed by atoms with Crippen LogP contribution in [-0.4, -0.2) is 9.55 Å². The van der Waals surface area contributed by atoms with Crippen molar-refractivity contribution in [1.29, 1.82) is 0 Å². The Morgan fingerprint density at radius 2 is 2.05 bits per heavy atom. The fourth-order valence-electron chi connectivity index (χ4n) is 2.95. The molecule has 1 aliphatic rings. The average molecular weight is 342 g/mol. The molecule has 2 aromatic carbocycles. The number of nitrogens with zero attached hydrogens (tertiary/aromatic N) is 2. The zero-order valence-corrected chi connectivity index (χ0v) is 13.4. The highest BCUT2D eigenvalue weighted by atomic mass is 79.9. The van der Waals surface area contributed by atoms with E-state index in [-0.39, 0.29) is 0 Å². The maximum Gasteiger partial charge on any atom is 0.143 e. The highest BCUT2D eigenvalue weighted by molar-refractivity contribution is 9.10. The Morgan fingerprint density at radius 1 is 1.24 bits per heavy atom. The van der Waals surface area contributed by atoms with E-state index in [0.29, 0.717) is 6.04 Å². The number of hydrogen-bond donors (Lipinski definition) is 1. The number of fused-ring (bicyclic) bond motifs is 1. The summed E-state index contributed by atoms with van der Waals surface area (Å²) < 4.78 is 3.42. The summed E-state index contributed by atoms with van der Waals surface area (Å²) in [4.78, 5) is 4.88. The molecule has 0 aliphatic heterocycles. The number of hydrogen-bond acceptors (Lipinski definition) is 2. The number of halogens is 1. The fourth-order valence-corrected chi connectivity index (χ4v) is 3.30. The lowest BCUT2D eigenvalue weighted by atomic mass is 10.1.